The molecule has 1 aliphatic carbocycles. The number of nitrogens with zero attached hydrogens (tertiary/aromatic N) is 3. The van der Waals surface area contributed by atoms with E-state index in [-0.39, 0.29) is 36.3 Å². The second-order valence-electron chi connectivity index (χ2n) is 7.47. The maximum absolute atomic E-state index is 13.3. The Labute approximate surface area is 183 Å². The van der Waals surface area contributed by atoms with Crippen LogP contribution in [0.3, 0.4) is 0 Å². The first-order chi connectivity index (χ1) is 13.0. The molecule has 3 aromatic rings. The van der Waals surface area contributed by atoms with Gasteiger partial charge < -0.3 is 11.1 Å². The van der Waals surface area contributed by atoms with Crippen molar-refractivity contribution in [3.8, 4) is 11.3 Å². The molecular formula is C21H27Cl2N5O. The number of benzene rings is 1. The number of nitrogens with one attached hydrogen (secondary N) is 1. The van der Waals surface area contributed by atoms with Gasteiger partial charge in [0.2, 0.25) is 0 Å². The average molecular weight is 436 g/mol. The Morgan fingerprint density at radius 3 is 2.48 bits per heavy atom. The number of hydrogen-bond donors (Lipinski definition) is 2. The fourth-order valence-electron chi connectivity index (χ4n) is 4.12. The third-order valence-corrected chi connectivity index (χ3v) is 5.61. The minimum atomic E-state index is -0.296. The molecule has 8 heteroatoms. The summed E-state index contributed by atoms with van der Waals surface area (Å²) >= 11 is 0. The molecule has 4 rings (SSSR count). The molecule has 0 saturated heterocycles. The van der Waals surface area contributed by atoms with Gasteiger partial charge in [-0.1, -0.05) is 43.2 Å². The third-order valence-electron chi connectivity index (χ3n) is 5.61. The number of pyridine rings is 1. The van der Waals surface area contributed by atoms with Crippen LogP contribution >= 0.6 is 24.8 Å². The Bertz CT molecular complexity index is 997. The summed E-state index contributed by atoms with van der Waals surface area (Å²) < 4.78 is 1.74. The predicted molar refractivity (Wildman–Crippen MR) is 121 cm³/mol. The molecule has 2 heterocycles. The van der Waals surface area contributed by atoms with Crippen LogP contribution in [0.25, 0.3) is 22.3 Å². The van der Waals surface area contributed by atoms with Gasteiger partial charge in [-0.05, 0) is 25.8 Å². The molecule has 1 saturated carbocycles. The van der Waals surface area contributed by atoms with Crippen molar-refractivity contribution < 1.29 is 4.79 Å². The van der Waals surface area contributed by atoms with Crippen LogP contribution in [0.5, 0.6) is 0 Å². The van der Waals surface area contributed by atoms with Gasteiger partial charge in [-0.3, -0.25) is 9.48 Å². The zero-order chi connectivity index (χ0) is 19.0. The molecule has 6 nitrogen and oxygen atoms in total. The van der Waals surface area contributed by atoms with E-state index in [0.29, 0.717) is 17.8 Å². The van der Waals surface area contributed by atoms with Crippen molar-refractivity contribution in [2.75, 3.05) is 6.54 Å². The summed E-state index contributed by atoms with van der Waals surface area (Å²) in [6, 6.07) is 11.8. The number of amides is 1. The molecule has 0 unspecified atom stereocenters. The normalized spacial score (nSPS) is 14.9. The van der Waals surface area contributed by atoms with E-state index in [1.807, 2.05) is 50.4 Å². The van der Waals surface area contributed by atoms with E-state index in [1.54, 1.807) is 4.68 Å². The van der Waals surface area contributed by atoms with Crippen LogP contribution in [0.15, 0.2) is 36.4 Å². The Balaban J connectivity index is 0.00000150. The summed E-state index contributed by atoms with van der Waals surface area (Å²) in [6.45, 7) is 2.38. The van der Waals surface area contributed by atoms with Gasteiger partial charge in [0.25, 0.3) is 5.91 Å². The van der Waals surface area contributed by atoms with Gasteiger partial charge >= 0.3 is 0 Å². The van der Waals surface area contributed by atoms with Gasteiger partial charge in [-0.15, -0.1) is 24.8 Å². The zero-order valence-electron chi connectivity index (χ0n) is 16.6. The van der Waals surface area contributed by atoms with E-state index in [0.717, 1.165) is 48.0 Å². The summed E-state index contributed by atoms with van der Waals surface area (Å²) in [5, 5.41) is 8.53. The molecular weight excluding hydrogens is 409 g/mol. The lowest BCUT2D eigenvalue weighted by Crippen LogP contribution is -2.51. The zero-order valence-corrected chi connectivity index (χ0v) is 18.3. The van der Waals surface area contributed by atoms with E-state index in [1.165, 1.54) is 0 Å². The highest BCUT2D eigenvalue weighted by molar-refractivity contribution is 6.07. The highest BCUT2D eigenvalue weighted by atomic mass is 35.5. The Morgan fingerprint density at radius 1 is 1.21 bits per heavy atom. The Morgan fingerprint density at radius 2 is 1.86 bits per heavy atom. The molecule has 0 spiro atoms. The average Bonchev–Trinajstić information content (AvgIpc) is 3.27. The number of rotatable bonds is 4. The molecule has 29 heavy (non-hydrogen) atoms. The van der Waals surface area contributed by atoms with Crippen LogP contribution in [-0.4, -0.2) is 32.8 Å². The maximum Gasteiger partial charge on any atom is 0.252 e. The Kier molecular flexibility index (Phi) is 7.27. The first-order valence-electron chi connectivity index (χ1n) is 9.45. The summed E-state index contributed by atoms with van der Waals surface area (Å²) in [6.07, 6.45) is 4.07. The van der Waals surface area contributed by atoms with E-state index in [2.05, 4.69) is 10.4 Å². The van der Waals surface area contributed by atoms with Gasteiger partial charge in [-0.25, -0.2) is 4.98 Å². The minimum Gasteiger partial charge on any atom is -0.345 e. The topological polar surface area (TPSA) is 85.8 Å². The quantitative estimate of drug-likeness (QED) is 0.652. The van der Waals surface area contributed by atoms with Gasteiger partial charge in [-0.2, -0.15) is 5.10 Å². The first kappa shape index (κ1) is 23.1. The van der Waals surface area contributed by atoms with Gasteiger partial charge in [0.05, 0.1) is 27.9 Å². The summed E-state index contributed by atoms with van der Waals surface area (Å²) in [4.78, 5) is 18.1. The van der Waals surface area contributed by atoms with E-state index < -0.39 is 0 Å². The number of carbonyl (C=O) groups is 1. The predicted octanol–water partition coefficient (Wildman–Crippen LogP) is 3.79. The molecule has 0 aliphatic heterocycles. The second-order valence-corrected chi connectivity index (χ2v) is 7.47. The van der Waals surface area contributed by atoms with Crippen molar-refractivity contribution in [1.29, 1.82) is 0 Å². The van der Waals surface area contributed by atoms with Crippen LogP contribution < -0.4 is 11.1 Å². The third kappa shape index (κ3) is 4.25. The van der Waals surface area contributed by atoms with Crippen LogP contribution in [0.4, 0.5) is 0 Å². The van der Waals surface area contributed by atoms with Gasteiger partial charge in [0, 0.05) is 19.2 Å². The highest BCUT2D eigenvalue weighted by Gasteiger charge is 2.35. The molecule has 1 fully saturated rings. The van der Waals surface area contributed by atoms with E-state index in [4.69, 9.17) is 10.7 Å². The van der Waals surface area contributed by atoms with Gasteiger partial charge in [0.1, 0.15) is 0 Å². The molecule has 156 valence electrons. The number of aryl methyl sites for hydroxylation is 2. The fourth-order valence-corrected chi connectivity index (χ4v) is 4.12. The van der Waals surface area contributed by atoms with Crippen molar-refractivity contribution in [2.45, 2.75) is 38.1 Å². The number of carbonyl (C=O) groups excluding carboxylic acids is 1. The van der Waals surface area contributed by atoms with E-state index in [9.17, 15) is 4.79 Å². The first-order valence-corrected chi connectivity index (χ1v) is 9.45. The maximum atomic E-state index is 13.3. The minimum absolute atomic E-state index is 0. The molecule has 0 bridgehead atoms. The number of hydrogen-bond acceptors (Lipinski definition) is 4. The molecule has 0 radical (unpaired) electrons. The summed E-state index contributed by atoms with van der Waals surface area (Å²) in [7, 11) is 1.86. The lowest BCUT2D eigenvalue weighted by Gasteiger charge is -2.29. The molecule has 3 N–H and O–H groups in total. The van der Waals surface area contributed by atoms with Crippen molar-refractivity contribution in [3.05, 3.63) is 47.7 Å². The molecule has 0 atom stereocenters. The molecule has 1 aromatic carbocycles. The van der Waals surface area contributed by atoms with Crippen molar-refractivity contribution >= 4 is 41.8 Å². The second kappa shape index (κ2) is 9.11. The number of fused-ring (bicyclic) bond motifs is 1. The monoisotopic (exact) mass is 435 g/mol. The summed E-state index contributed by atoms with van der Waals surface area (Å²) in [5.74, 6) is -0.0944. The smallest absolute Gasteiger partial charge is 0.252 e. The van der Waals surface area contributed by atoms with Crippen LogP contribution in [0, 0.1) is 6.92 Å². The largest absolute Gasteiger partial charge is 0.345 e. The van der Waals surface area contributed by atoms with Crippen molar-refractivity contribution in [2.24, 2.45) is 12.8 Å². The van der Waals surface area contributed by atoms with Crippen LogP contribution in [-0.2, 0) is 7.05 Å². The van der Waals surface area contributed by atoms with Crippen molar-refractivity contribution in [3.63, 3.8) is 0 Å². The SMILES string of the molecule is Cc1nn(C)c2nc(-c3ccccc3)cc(C(=O)NC3(CN)CCCC3)c12.Cl.Cl. The number of aromatic nitrogens is 3. The molecule has 1 aliphatic rings. The van der Waals surface area contributed by atoms with Gasteiger partial charge in [0.15, 0.2) is 5.65 Å². The van der Waals surface area contributed by atoms with Crippen LogP contribution in [0.1, 0.15) is 41.7 Å². The fraction of sp³-hybridized carbons (Fsp3) is 0.381. The number of halogens is 2. The van der Waals surface area contributed by atoms with E-state index >= 15 is 0 Å². The summed E-state index contributed by atoms with van der Waals surface area (Å²) in [5.41, 5.74) is 9.60. The molecule has 1 amide bonds. The standard InChI is InChI=1S/C21H25N5O.2ClH/c1-14-18-16(20(27)24-21(13-22)10-6-7-11-21)12-17(15-8-4-3-5-9-15)23-19(18)26(2)25-14;;/h3-5,8-9,12H,6-7,10-11,13,22H2,1-2H3,(H,24,27);2*1H. The van der Waals surface area contributed by atoms with Crippen LogP contribution in [0.2, 0.25) is 0 Å². The Hall–Kier alpha value is -2.15. The molecule has 2 aromatic heterocycles. The number of nitrogens with two attached hydrogens (primary N) is 1. The lowest BCUT2D eigenvalue weighted by molar-refractivity contribution is 0.0904. The lowest BCUT2D eigenvalue weighted by atomic mass is 9.96. The highest BCUT2D eigenvalue weighted by Crippen LogP contribution is 2.31. The van der Waals surface area contributed by atoms with Crippen molar-refractivity contribution in [1.82, 2.24) is 20.1 Å².